The van der Waals surface area contributed by atoms with Crippen molar-refractivity contribution in [3.8, 4) is 0 Å². The van der Waals surface area contributed by atoms with Gasteiger partial charge in [0.2, 0.25) is 5.91 Å². The fourth-order valence-corrected chi connectivity index (χ4v) is 3.72. The summed E-state index contributed by atoms with van der Waals surface area (Å²) in [6, 6.07) is 7.76. The average molecular weight is 456 g/mol. The number of nitrogens with zero attached hydrogens (tertiary/aromatic N) is 1. The lowest BCUT2D eigenvalue weighted by atomic mass is 10.1. The van der Waals surface area contributed by atoms with Crippen molar-refractivity contribution in [2.45, 2.75) is 19.4 Å². The Kier molecular flexibility index (Phi) is 7.15. The molecule has 2 atom stereocenters. The van der Waals surface area contributed by atoms with Crippen molar-refractivity contribution in [1.82, 2.24) is 10.6 Å². The molecule has 0 aromatic heterocycles. The van der Waals surface area contributed by atoms with Crippen molar-refractivity contribution in [3.63, 3.8) is 0 Å². The molecule has 1 fully saturated rings. The Hall–Kier alpha value is -2.38. The van der Waals surface area contributed by atoms with Crippen LogP contribution in [0.3, 0.4) is 0 Å². The van der Waals surface area contributed by atoms with Gasteiger partial charge in [-0.25, -0.2) is 8.78 Å². The van der Waals surface area contributed by atoms with E-state index in [1.54, 1.807) is 19.1 Å². The zero-order chi connectivity index (χ0) is 21.8. The summed E-state index contributed by atoms with van der Waals surface area (Å²) in [5, 5.41) is 5.82. The highest BCUT2D eigenvalue weighted by Gasteiger charge is 2.25. The van der Waals surface area contributed by atoms with Gasteiger partial charge in [-0.15, -0.1) is 0 Å². The normalized spacial score (nSPS) is 17.0. The predicted octanol–water partition coefficient (Wildman–Crippen LogP) is 4.03. The second-order valence-corrected chi connectivity index (χ2v) is 8.03. The van der Waals surface area contributed by atoms with Gasteiger partial charge in [0.15, 0.2) is 11.6 Å². The van der Waals surface area contributed by atoms with Gasteiger partial charge >= 0.3 is 0 Å². The number of hydrogen-bond acceptors (Lipinski definition) is 3. The van der Waals surface area contributed by atoms with Gasteiger partial charge in [0, 0.05) is 31.4 Å². The second kappa shape index (κ2) is 9.62. The van der Waals surface area contributed by atoms with E-state index in [4.69, 9.17) is 23.2 Å². The molecule has 30 heavy (non-hydrogen) atoms. The van der Waals surface area contributed by atoms with Crippen LogP contribution in [0.1, 0.15) is 23.7 Å². The molecule has 5 nitrogen and oxygen atoms in total. The van der Waals surface area contributed by atoms with Crippen LogP contribution >= 0.6 is 23.2 Å². The lowest BCUT2D eigenvalue weighted by molar-refractivity contribution is -0.122. The number of halogens is 4. The van der Waals surface area contributed by atoms with Crippen molar-refractivity contribution in [2.75, 3.05) is 24.5 Å². The van der Waals surface area contributed by atoms with E-state index < -0.39 is 23.6 Å². The maximum Gasteiger partial charge on any atom is 0.253 e. The summed E-state index contributed by atoms with van der Waals surface area (Å²) in [4.78, 5) is 26.7. The van der Waals surface area contributed by atoms with Crippen LogP contribution < -0.4 is 15.5 Å². The summed E-state index contributed by atoms with van der Waals surface area (Å²) >= 11 is 12.0. The zero-order valence-electron chi connectivity index (χ0n) is 16.2. The minimum absolute atomic E-state index is 0.132. The number of rotatable bonds is 6. The van der Waals surface area contributed by atoms with Gasteiger partial charge in [-0.2, -0.15) is 0 Å². The molecule has 2 aromatic carbocycles. The third-order valence-electron chi connectivity index (χ3n) is 5.06. The lowest BCUT2D eigenvalue weighted by Gasteiger charge is -2.20. The average Bonchev–Trinajstić information content (AvgIpc) is 3.19. The Morgan fingerprint density at radius 2 is 1.97 bits per heavy atom. The topological polar surface area (TPSA) is 61.4 Å². The number of nitrogens with one attached hydrogen (secondary N) is 2. The van der Waals surface area contributed by atoms with Crippen molar-refractivity contribution in [1.29, 1.82) is 0 Å². The molecule has 160 valence electrons. The first kappa shape index (κ1) is 22.3. The molecule has 0 spiro atoms. The Bertz CT molecular complexity index is 958. The number of hydrogen-bond donors (Lipinski definition) is 2. The first-order chi connectivity index (χ1) is 14.3. The fraction of sp³-hybridized carbons (Fsp3) is 0.333. The smallest absolute Gasteiger partial charge is 0.253 e. The number of carbonyl (C=O) groups excluding carboxylic acids is 2. The molecule has 1 saturated heterocycles. The number of benzene rings is 2. The van der Waals surface area contributed by atoms with E-state index >= 15 is 0 Å². The summed E-state index contributed by atoms with van der Waals surface area (Å²) in [6.07, 6.45) is 0.804. The van der Waals surface area contributed by atoms with Crippen LogP contribution in [0.15, 0.2) is 36.4 Å². The summed E-state index contributed by atoms with van der Waals surface area (Å²) in [5.74, 6) is -2.42. The van der Waals surface area contributed by atoms with Gasteiger partial charge in [-0.05, 0) is 43.5 Å². The van der Waals surface area contributed by atoms with Crippen LogP contribution in [0.25, 0.3) is 0 Å². The molecule has 2 amide bonds. The van der Waals surface area contributed by atoms with Crippen LogP contribution in [0.5, 0.6) is 0 Å². The van der Waals surface area contributed by atoms with Crippen LogP contribution in [-0.2, 0) is 4.79 Å². The zero-order valence-corrected chi connectivity index (χ0v) is 17.7. The van der Waals surface area contributed by atoms with E-state index in [-0.39, 0.29) is 27.4 Å². The molecule has 1 aliphatic rings. The molecule has 0 saturated carbocycles. The number of carbonyl (C=O) groups is 2. The highest BCUT2D eigenvalue weighted by atomic mass is 35.5. The van der Waals surface area contributed by atoms with E-state index in [1.165, 1.54) is 18.2 Å². The van der Waals surface area contributed by atoms with Gasteiger partial charge in [0.25, 0.3) is 5.91 Å². The predicted molar refractivity (Wildman–Crippen MR) is 113 cm³/mol. The maximum absolute atomic E-state index is 13.4. The van der Waals surface area contributed by atoms with Gasteiger partial charge in [0.1, 0.15) is 6.04 Å². The summed E-state index contributed by atoms with van der Waals surface area (Å²) < 4.78 is 26.5. The highest BCUT2D eigenvalue weighted by Crippen LogP contribution is 2.26. The van der Waals surface area contributed by atoms with Crippen molar-refractivity contribution in [3.05, 3.63) is 63.6 Å². The molecule has 2 N–H and O–H groups in total. The lowest BCUT2D eigenvalue weighted by Crippen LogP contribution is -2.46. The first-order valence-corrected chi connectivity index (χ1v) is 10.2. The van der Waals surface area contributed by atoms with E-state index in [9.17, 15) is 18.4 Å². The highest BCUT2D eigenvalue weighted by molar-refractivity contribution is 6.43. The van der Waals surface area contributed by atoms with Gasteiger partial charge in [-0.3, -0.25) is 9.59 Å². The molecule has 1 heterocycles. The molecular formula is C21H21Cl2F2N3O2. The standard InChI is InChI=1S/C21H21Cl2F2N3O2/c1-12(27-21(30)15-3-2-4-16(22)19(15)23)20(29)26-10-13-7-8-28(11-13)14-5-6-17(24)18(25)9-14/h2-6,9,12-13H,7-8,10-11H2,1H3,(H,26,29)(H,27,30). The summed E-state index contributed by atoms with van der Waals surface area (Å²) in [7, 11) is 0. The molecule has 2 unspecified atom stereocenters. The van der Waals surface area contributed by atoms with Crippen LogP contribution in [0, 0.1) is 17.6 Å². The molecular weight excluding hydrogens is 435 g/mol. The van der Waals surface area contributed by atoms with E-state index in [0.29, 0.717) is 25.3 Å². The fourth-order valence-electron chi connectivity index (χ4n) is 3.33. The van der Waals surface area contributed by atoms with Gasteiger partial charge in [0.05, 0.1) is 15.6 Å². The molecule has 0 bridgehead atoms. The van der Waals surface area contributed by atoms with Gasteiger partial charge in [-0.1, -0.05) is 29.3 Å². The third kappa shape index (κ3) is 5.21. The Morgan fingerprint density at radius 1 is 1.20 bits per heavy atom. The third-order valence-corrected chi connectivity index (χ3v) is 5.88. The van der Waals surface area contributed by atoms with Crippen LogP contribution in [0.4, 0.5) is 14.5 Å². The number of amides is 2. The molecule has 1 aliphatic heterocycles. The van der Waals surface area contributed by atoms with E-state index in [0.717, 1.165) is 12.5 Å². The molecule has 2 aromatic rings. The SMILES string of the molecule is CC(NC(=O)c1cccc(Cl)c1Cl)C(=O)NCC1CCN(c2ccc(F)c(F)c2)C1. The Morgan fingerprint density at radius 3 is 2.70 bits per heavy atom. The molecule has 9 heteroatoms. The second-order valence-electron chi connectivity index (χ2n) is 7.24. The van der Waals surface area contributed by atoms with Crippen molar-refractivity contribution >= 4 is 40.7 Å². The largest absolute Gasteiger partial charge is 0.371 e. The van der Waals surface area contributed by atoms with Gasteiger partial charge < -0.3 is 15.5 Å². The van der Waals surface area contributed by atoms with Crippen molar-refractivity contribution in [2.24, 2.45) is 5.92 Å². The first-order valence-electron chi connectivity index (χ1n) is 9.49. The van der Waals surface area contributed by atoms with Crippen molar-refractivity contribution < 1.29 is 18.4 Å². The van der Waals surface area contributed by atoms with Crippen LogP contribution in [0.2, 0.25) is 10.0 Å². The van der Waals surface area contributed by atoms with E-state index in [1.807, 2.05) is 4.90 Å². The monoisotopic (exact) mass is 455 g/mol. The van der Waals surface area contributed by atoms with E-state index in [2.05, 4.69) is 10.6 Å². The maximum atomic E-state index is 13.4. The number of anilines is 1. The summed E-state index contributed by atoms with van der Waals surface area (Å²) in [5.41, 5.74) is 0.809. The molecule has 0 aliphatic carbocycles. The minimum Gasteiger partial charge on any atom is -0.371 e. The minimum atomic E-state index is -0.881. The Balaban J connectivity index is 1.48. The van der Waals surface area contributed by atoms with Crippen LogP contribution in [-0.4, -0.2) is 37.5 Å². The summed E-state index contributed by atoms with van der Waals surface area (Å²) in [6.45, 7) is 3.29. The quantitative estimate of drug-likeness (QED) is 0.690. The molecule has 0 radical (unpaired) electrons. The molecule has 3 rings (SSSR count). The Labute approximate surface area is 183 Å².